The molecule has 0 unspecified atom stereocenters. The molecule has 7 heteroatoms. The topological polar surface area (TPSA) is 99.5 Å². The number of hydrogen-bond acceptors (Lipinski definition) is 5. The van der Waals surface area contributed by atoms with E-state index in [2.05, 4.69) is 10.3 Å². The van der Waals surface area contributed by atoms with E-state index in [1.165, 1.54) is 11.3 Å². The summed E-state index contributed by atoms with van der Waals surface area (Å²) >= 11 is 1.38. The maximum atomic E-state index is 11.2. The number of aromatic nitrogens is 1. The average Bonchev–Trinajstić information content (AvgIpc) is 2.78. The highest BCUT2D eigenvalue weighted by Crippen LogP contribution is 2.09. The van der Waals surface area contributed by atoms with Gasteiger partial charge in [0.05, 0.1) is 11.2 Å². The van der Waals surface area contributed by atoms with Gasteiger partial charge in [0.1, 0.15) is 12.1 Å². The van der Waals surface area contributed by atoms with Gasteiger partial charge in [-0.15, -0.1) is 11.3 Å². The van der Waals surface area contributed by atoms with Crippen molar-refractivity contribution in [3.8, 4) is 0 Å². The molecule has 0 amide bonds. The molecule has 0 spiro atoms. The Labute approximate surface area is 115 Å². The third kappa shape index (κ3) is 5.35. The molecule has 6 nitrogen and oxygen atoms in total. The van der Waals surface area contributed by atoms with E-state index in [4.69, 9.17) is 10.2 Å². The van der Waals surface area contributed by atoms with Crippen LogP contribution in [0, 0.1) is 5.92 Å². The molecule has 0 saturated heterocycles. The lowest BCUT2D eigenvalue weighted by Gasteiger charge is -2.21. The first-order valence-electron chi connectivity index (χ1n) is 5.99. The molecule has 0 aliphatic rings. The van der Waals surface area contributed by atoms with E-state index in [9.17, 15) is 9.59 Å². The number of nitrogens with one attached hydrogen (secondary N) is 1. The van der Waals surface area contributed by atoms with Gasteiger partial charge in [0.25, 0.3) is 0 Å². The van der Waals surface area contributed by atoms with Crippen LogP contribution in [0.15, 0.2) is 10.9 Å². The molecule has 0 bridgehead atoms. The Morgan fingerprint density at radius 2 is 1.95 bits per heavy atom. The average molecular weight is 286 g/mol. The molecule has 0 fully saturated rings. The normalized spacial score (nSPS) is 14.3. The quantitative estimate of drug-likeness (QED) is 0.664. The first-order valence-corrected chi connectivity index (χ1v) is 6.93. The van der Waals surface area contributed by atoms with Crippen LogP contribution in [-0.2, 0) is 16.0 Å². The predicted molar refractivity (Wildman–Crippen MR) is 71.3 cm³/mol. The number of nitrogens with zero attached hydrogens (tertiary/aromatic N) is 1. The van der Waals surface area contributed by atoms with Gasteiger partial charge in [-0.3, -0.25) is 14.9 Å². The number of carboxylic acids is 2. The highest BCUT2D eigenvalue weighted by Gasteiger charge is 2.27. The van der Waals surface area contributed by atoms with Crippen LogP contribution in [0.25, 0.3) is 0 Å². The fourth-order valence-corrected chi connectivity index (χ4v) is 2.29. The Hall–Kier alpha value is -1.47. The summed E-state index contributed by atoms with van der Waals surface area (Å²) in [7, 11) is 0. The maximum absolute atomic E-state index is 11.2. The van der Waals surface area contributed by atoms with Gasteiger partial charge in [0.2, 0.25) is 0 Å². The molecule has 0 aromatic carbocycles. The van der Waals surface area contributed by atoms with Crippen LogP contribution in [0.4, 0.5) is 0 Å². The zero-order valence-corrected chi connectivity index (χ0v) is 11.7. The molecular formula is C12H18N2O4S. The molecule has 1 rings (SSSR count). The lowest BCUT2D eigenvalue weighted by Crippen LogP contribution is -2.48. The summed E-state index contributed by atoms with van der Waals surface area (Å²) in [5.74, 6) is -1.93. The smallest absolute Gasteiger partial charge is 0.321 e. The number of aliphatic carboxylic acids is 2. The third-order valence-electron chi connectivity index (χ3n) is 2.60. The van der Waals surface area contributed by atoms with Crippen molar-refractivity contribution in [3.63, 3.8) is 0 Å². The summed E-state index contributed by atoms with van der Waals surface area (Å²) in [6.07, 6.45) is 0.566. The Bertz CT molecular complexity index is 419. The minimum Gasteiger partial charge on any atom is -0.480 e. The monoisotopic (exact) mass is 286 g/mol. The number of thiazole rings is 1. The minimum absolute atomic E-state index is 0.169. The molecule has 0 aliphatic heterocycles. The van der Waals surface area contributed by atoms with Gasteiger partial charge in [-0.1, -0.05) is 13.8 Å². The summed E-state index contributed by atoms with van der Waals surface area (Å²) in [4.78, 5) is 26.3. The highest BCUT2D eigenvalue weighted by atomic mass is 32.1. The lowest BCUT2D eigenvalue weighted by molar-refractivity contribution is -0.142. The molecular weight excluding hydrogens is 268 g/mol. The molecule has 3 N–H and O–H groups in total. The molecule has 0 saturated carbocycles. The van der Waals surface area contributed by atoms with Crippen LogP contribution >= 0.6 is 11.3 Å². The SMILES string of the molecule is CC(C)C[C@@H](N[C@H](Cc1cscn1)C(=O)O)C(=O)O. The van der Waals surface area contributed by atoms with E-state index >= 15 is 0 Å². The summed E-state index contributed by atoms with van der Waals surface area (Å²) in [5, 5.41) is 22.7. The van der Waals surface area contributed by atoms with E-state index < -0.39 is 24.0 Å². The van der Waals surface area contributed by atoms with Crippen LogP contribution in [-0.4, -0.2) is 39.2 Å². The Morgan fingerprint density at radius 3 is 2.37 bits per heavy atom. The second kappa shape index (κ2) is 7.20. The first kappa shape index (κ1) is 15.6. The number of carboxylic acid groups (broad SMARTS) is 2. The van der Waals surface area contributed by atoms with Crippen molar-refractivity contribution in [2.75, 3.05) is 0 Å². The van der Waals surface area contributed by atoms with Gasteiger partial charge in [0, 0.05) is 11.8 Å². The number of carbonyl (C=O) groups is 2. The van der Waals surface area contributed by atoms with Gasteiger partial charge >= 0.3 is 11.9 Å². The molecule has 0 radical (unpaired) electrons. The molecule has 1 heterocycles. The van der Waals surface area contributed by atoms with Crippen molar-refractivity contribution in [3.05, 3.63) is 16.6 Å². The van der Waals surface area contributed by atoms with Crippen molar-refractivity contribution < 1.29 is 19.8 Å². The van der Waals surface area contributed by atoms with Crippen LogP contribution in [0.3, 0.4) is 0 Å². The zero-order valence-electron chi connectivity index (χ0n) is 10.9. The molecule has 0 aliphatic carbocycles. The molecule has 106 valence electrons. The number of hydrogen-bond donors (Lipinski definition) is 3. The summed E-state index contributed by atoms with van der Waals surface area (Å²) in [6.45, 7) is 3.79. The minimum atomic E-state index is -1.07. The van der Waals surface area contributed by atoms with Crippen LogP contribution < -0.4 is 5.32 Å². The van der Waals surface area contributed by atoms with E-state index in [0.29, 0.717) is 12.1 Å². The van der Waals surface area contributed by atoms with Gasteiger partial charge < -0.3 is 10.2 Å². The van der Waals surface area contributed by atoms with E-state index in [1.807, 2.05) is 13.8 Å². The Balaban J connectivity index is 2.70. The van der Waals surface area contributed by atoms with Crippen molar-refractivity contribution in [2.24, 2.45) is 5.92 Å². The molecule has 2 atom stereocenters. The summed E-state index contributed by atoms with van der Waals surface area (Å²) in [5.41, 5.74) is 2.27. The lowest BCUT2D eigenvalue weighted by atomic mass is 10.0. The van der Waals surface area contributed by atoms with Gasteiger partial charge in [-0.05, 0) is 12.3 Å². The number of rotatable bonds is 8. The van der Waals surface area contributed by atoms with E-state index in [0.717, 1.165) is 0 Å². The largest absolute Gasteiger partial charge is 0.480 e. The summed E-state index contributed by atoms with van der Waals surface area (Å²) in [6, 6.07) is -1.80. The van der Waals surface area contributed by atoms with E-state index in [-0.39, 0.29) is 12.3 Å². The fourth-order valence-electron chi connectivity index (χ4n) is 1.72. The second-order valence-corrected chi connectivity index (χ2v) is 5.48. The Kier molecular flexibility index (Phi) is 5.91. The molecule has 19 heavy (non-hydrogen) atoms. The van der Waals surface area contributed by atoms with Crippen molar-refractivity contribution in [1.82, 2.24) is 10.3 Å². The van der Waals surface area contributed by atoms with Crippen molar-refractivity contribution in [2.45, 2.75) is 38.8 Å². The van der Waals surface area contributed by atoms with Crippen LogP contribution in [0.5, 0.6) is 0 Å². The van der Waals surface area contributed by atoms with Gasteiger partial charge in [-0.25, -0.2) is 4.98 Å². The van der Waals surface area contributed by atoms with Crippen molar-refractivity contribution in [1.29, 1.82) is 0 Å². The highest BCUT2D eigenvalue weighted by molar-refractivity contribution is 7.07. The van der Waals surface area contributed by atoms with E-state index in [1.54, 1.807) is 10.9 Å². The fraction of sp³-hybridized carbons (Fsp3) is 0.583. The van der Waals surface area contributed by atoms with Crippen LogP contribution in [0.1, 0.15) is 26.0 Å². The predicted octanol–water partition coefficient (Wildman–Crippen LogP) is 1.23. The second-order valence-electron chi connectivity index (χ2n) is 4.76. The van der Waals surface area contributed by atoms with Gasteiger partial charge in [0.15, 0.2) is 0 Å². The Morgan fingerprint density at radius 1 is 1.32 bits per heavy atom. The third-order valence-corrected chi connectivity index (χ3v) is 3.24. The maximum Gasteiger partial charge on any atom is 0.321 e. The van der Waals surface area contributed by atoms with Gasteiger partial charge in [-0.2, -0.15) is 0 Å². The van der Waals surface area contributed by atoms with Crippen molar-refractivity contribution >= 4 is 23.3 Å². The molecule has 1 aromatic rings. The van der Waals surface area contributed by atoms with Crippen LogP contribution in [0.2, 0.25) is 0 Å². The molecule has 1 aromatic heterocycles. The standard InChI is InChI=1S/C12H18N2O4S/c1-7(2)3-9(11(15)16)14-10(12(17)18)4-8-5-19-6-13-8/h5-7,9-10,14H,3-4H2,1-2H3,(H,15,16)(H,17,18)/t9-,10-/m1/s1. The zero-order chi connectivity index (χ0) is 14.4. The first-order chi connectivity index (χ1) is 8.90. The summed E-state index contributed by atoms with van der Waals surface area (Å²) < 4.78 is 0.